The lowest BCUT2D eigenvalue weighted by Gasteiger charge is -2.32. The van der Waals surface area contributed by atoms with Crippen molar-refractivity contribution in [2.75, 3.05) is 0 Å². The topological polar surface area (TPSA) is 74.6 Å². The predicted molar refractivity (Wildman–Crippen MR) is 49.7 cm³/mol. The van der Waals surface area contributed by atoms with E-state index in [2.05, 4.69) is 0 Å². The number of ketones is 1. The minimum Gasteiger partial charge on any atom is -0.475 e. The Bertz CT molecular complexity index is 336. The van der Waals surface area contributed by atoms with Gasteiger partial charge in [0.2, 0.25) is 5.78 Å². The number of carbonyl (C=O) groups excluding carboxylic acids is 1. The molecule has 14 heavy (non-hydrogen) atoms. The van der Waals surface area contributed by atoms with E-state index in [4.69, 9.17) is 5.11 Å². The van der Waals surface area contributed by atoms with Gasteiger partial charge in [-0.3, -0.25) is 4.79 Å². The van der Waals surface area contributed by atoms with E-state index in [9.17, 15) is 14.7 Å². The first kappa shape index (κ1) is 10.7. The van der Waals surface area contributed by atoms with Gasteiger partial charge in [-0.15, -0.1) is 0 Å². The Morgan fingerprint density at radius 1 is 1.50 bits per heavy atom. The summed E-state index contributed by atoms with van der Waals surface area (Å²) in [7, 11) is 0. The van der Waals surface area contributed by atoms with E-state index >= 15 is 0 Å². The zero-order chi connectivity index (χ0) is 10.9. The molecule has 1 aliphatic carbocycles. The Kier molecular flexibility index (Phi) is 2.57. The Morgan fingerprint density at radius 3 is 2.57 bits per heavy atom. The molecule has 0 aromatic heterocycles. The summed E-state index contributed by atoms with van der Waals surface area (Å²) in [6, 6.07) is 0. The van der Waals surface area contributed by atoms with Gasteiger partial charge in [-0.1, -0.05) is 18.2 Å². The standard InChI is InChI=1S/C10H12O4/c1-6-4-3-5-7(10(6,2)14)8(11)9(12)13/h3-5,7,14H,1-2H3,(H,12,13). The molecule has 4 nitrogen and oxygen atoms in total. The van der Waals surface area contributed by atoms with E-state index < -0.39 is 23.3 Å². The highest BCUT2D eigenvalue weighted by Gasteiger charge is 2.40. The Balaban J connectivity index is 3.03. The monoisotopic (exact) mass is 196 g/mol. The molecule has 2 atom stereocenters. The summed E-state index contributed by atoms with van der Waals surface area (Å²) in [5.74, 6) is -3.50. The Hall–Kier alpha value is -1.42. The number of aliphatic carboxylic acids is 1. The summed E-state index contributed by atoms with van der Waals surface area (Å²) in [5.41, 5.74) is -0.816. The van der Waals surface area contributed by atoms with Crippen molar-refractivity contribution in [2.24, 2.45) is 5.92 Å². The number of hydrogen-bond donors (Lipinski definition) is 2. The van der Waals surface area contributed by atoms with Gasteiger partial charge in [0.15, 0.2) is 0 Å². The molecular weight excluding hydrogens is 184 g/mol. The van der Waals surface area contributed by atoms with E-state index in [0.29, 0.717) is 5.57 Å². The Morgan fingerprint density at radius 2 is 2.07 bits per heavy atom. The summed E-state index contributed by atoms with van der Waals surface area (Å²) < 4.78 is 0. The van der Waals surface area contributed by atoms with Crippen LogP contribution in [0.2, 0.25) is 0 Å². The van der Waals surface area contributed by atoms with Crippen LogP contribution >= 0.6 is 0 Å². The summed E-state index contributed by atoms with van der Waals surface area (Å²) >= 11 is 0. The van der Waals surface area contributed by atoms with Crippen LogP contribution in [0, 0.1) is 5.92 Å². The van der Waals surface area contributed by atoms with Crippen LogP contribution < -0.4 is 0 Å². The minimum atomic E-state index is -1.52. The first-order chi connectivity index (χ1) is 6.37. The second-order valence-electron chi connectivity index (χ2n) is 3.53. The van der Waals surface area contributed by atoms with Crippen LogP contribution in [0.4, 0.5) is 0 Å². The van der Waals surface area contributed by atoms with Crippen LogP contribution in [0.15, 0.2) is 23.8 Å². The zero-order valence-corrected chi connectivity index (χ0v) is 8.02. The van der Waals surface area contributed by atoms with Crippen LogP contribution in [0.1, 0.15) is 13.8 Å². The number of allylic oxidation sites excluding steroid dienone is 2. The van der Waals surface area contributed by atoms with Crippen molar-refractivity contribution in [3.63, 3.8) is 0 Å². The van der Waals surface area contributed by atoms with Gasteiger partial charge in [0, 0.05) is 0 Å². The molecule has 0 aliphatic heterocycles. The third-order valence-corrected chi connectivity index (χ3v) is 2.55. The molecular formula is C10H12O4. The molecule has 0 heterocycles. The third-order valence-electron chi connectivity index (χ3n) is 2.55. The highest BCUT2D eigenvalue weighted by molar-refractivity contribution is 6.34. The maximum absolute atomic E-state index is 11.2. The first-order valence-electron chi connectivity index (χ1n) is 4.22. The molecule has 0 fully saturated rings. The molecule has 1 aliphatic rings. The van der Waals surface area contributed by atoms with Crippen molar-refractivity contribution in [3.8, 4) is 0 Å². The molecule has 0 radical (unpaired) electrons. The molecule has 0 spiro atoms. The summed E-state index contributed by atoms with van der Waals surface area (Å²) in [6.45, 7) is 3.10. The fraction of sp³-hybridized carbons (Fsp3) is 0.400. The van der Waals surface area contributed by atoms with Gasteiger partial charge >= 0.3 is 5.97 Å². The minimum absolute atomic E-state index is 0.583. The number of Topliss-reactive ketones (excluding diaryl/α,β-unsaturated/α-hetero) is 1. The number of aliphatic hydroxyl groups is 1. The average Bonchev–Trinajstić information content (AvgIpc) is 2.08. The highest BCUT2D eigenvalue weighted by atomic mass is 16.4. The van der Waals surface area contributed by atoms with Gasteiger partial charge in [-0.25, -0.2) is 4.79 Å². The second-order valence-corrected chi connectivity index (χ2v) is 3.53. The van der Waals surface area contributed by atoms with Crippen LogP contribution in [0.25, 0.3) is 0 Å². The summed E-state index contributed by atoms with van der Waals surface area (Å²) in [5, 5.41) is 18.5. The van der Waals surface area contributed by atoms with Gasteiger partial charge in [0.25, 0.3) is 0 Å². The lowest BCUT2D eigenvalue weighted by molar-refractivity contribution is -0.153. The first-order valence-corrected chi connectivity index (χ1v) is 4.22. The van der Waals surface area contributed by atoms with Crippen LogP contribution in [-0.4, -0.2) is 27.6 Å². The number of carboxylic acid groups (broad SMARTS) is 1. The van der Waals surface area contributed by atoms with Gasteiger partial charge in [0.05, 0.1) is 11.5 Å². The fourth-order valence-corrected chi connectivity index (χ4v) is 1.39. The molecule has 0 aromatic carbocycles. The third kappa shape index (κ3) is 1.61. The van der Waals surface area contributed by atoms with E-state index in [0.717, 1.165) is 0 Å². The molecule has 1 rings (SSSR count). The molecule has 0 saturated heterocycles. The van der Waals surface area contributed by atoms with Crippen molar-refractivity contribution in [1.82, 2.24) is 0 Å². The summed E-state index contributed by atoms with van der Waals surface area (Å²) in [4.78, 5) is 21.7. The van der Waals surface area contributed by atoms with Crippen LogP contribution in [-0.2, 0) is 9.59 Å². The van der Waals surface area contributed by atoms with Crippen molar-refractivity contribution >= 4 is 11.8 Å². The van der Waals surface area contributed by atoms with E-state index in [1.54, 1.807) is 19.1 Å². The summed E-state index contributed by atoms with van der Waals surface area (Å²) in [6.07, 6.45) is 4.65. The molecule has 0 bridgehead atoms. The largest absolute Gasteiger partial charge is 0.475 e. The zero-order valence-electron chi connectivity index (χ0n) is 8.02. The van der Waals surface area contributed by atoms with E-state index in [1.165, 1.54) is 13.0 Å². The van der Waals surface area contributed by atoms with Gasteiger partial charge in [-0.05, 0) is 19.4 Å². The van der Waals surface area contributed by atoms with Gasteiger partial charge < -0.3 is 10.2 Å². The fourth-order valence-electron chi connectivity index (χ4n) is 1.39. The SMILES string of the molecule is CC1=CC=CC(C(=O)C(=O)O)C1(C)O. The molecule has 76 valence electrons. The normalized spacial score (nSPS) is 31.1. The van der Waals surface area contributed by atoms with Crippen molar-refractivity contribution in [1.29, 1.82) is 0 Å². The molecule has 0 amide bonds. The lowest BCUT2D eigenvalue weighted by Crippen LogP contribution is -2.43. The van der Waals surface area contributed by atoms with Gasteiger partial charge in [0.1, 0.15) is 0 Å². The van der Waals surface area contributed by atoms with E-state index in [1.807, 2.05) is 0 Å². The Labute approximate surface area is 81.6 Å². The molecule has 0 aromatic rings. The van der Waals surface area contributed by atoms with Crippen LogP contribution in [0.5, 0.6) is 0 Å². The van der Waals surface area contributed by atoms with Crippen LogP contribution in [0.3, 0.4) is 0 Å². The molecule has 2 N–H and O–H groups in total. The maximum atomic E-state index is 11.2. The van der Waals surface area contributed by atoms with Crippen molar-refractivity contribution in [2.45, 2.75) is 19.4 Å². The van der Waals surface area contributed by atoms with E-state index in [-0.39, 0.29) is 0 Å². The number of hydrogen-bond acceptors (Lipinski definition) is 3. The predicted octanol–water partition coefficient (Wildman–Crippen LogP) is 0.523. The molecule has 0 saturated carbocycles. The highest BCUT2D eigenvalue weighted by Crippen LogP contribution is 2.30. The maximum Gasteiger partial charge on any atom is 0.372 e. The lowest BCUT2D eigenvalue weighted by atomic mass is 9.77. The number of carbonyl (C=O) groups is 2. The van der Waals surface area contributed by atoms with Crippen molar-refractivity contribution in [3.05, 3.63) is 23.8 Å². The second kappa shape index (κ2) is 3.38. The number of rotatable bonds is 2. The van der Waals surface area contributed by atoms with Crippen molar-refractivity contribution < 1.29 is 19.8 Å². The average molecular weight is 196 g/mol. The smallest absolute Gasteiger partial charge is 0.372 e. The molecule has 2 unspecified atom stereocenters. The quantitative estimate of drug-likeness (QED) is 0.631. The molecule has 4 heteroatoms. The number of carboxylic acids is 1. The van der Waals surface area contributed by atoms with Gasteiger partial charge in [-0.2, -0.15) is 0 Å².